The van der Waals surface area contributed by atoms with Gasteiger partial charge in [0.2, 0.25) is 0 Å². The van der Waals surface area contributed by atoms with Gasteiger partial charge in [-0.2, -0.15) is 5.26 Å². The highest BCUT2D eigenvalue weighted by Crippen LogP contribution is 2.61. The molecule has 0 aliphatic carbocycles. The molecule has 0 saturated carbocycles. The summed E-state index contributed by atoms with van der Waals surface area (Å²) in [4.78, 5) is 40.9. The highest BCUT2D eigenvalue weighted by atomic mass is 32.2. The van der Waals surface area contributed by atoms with Crippen molar-refractivity contribution in [2.45, 2.75) is 123 Å². The number of carbonyl (C=O) groups is 3. The summed E-state index contributed by atoms with van der Waals surface area (Å²) in [6, 6.07) is 2.11. The maximum Gasteiger partial charge on any atom is 0.314 e. The molecular weight excluding hydrogens is 542 g/mol. The van der Waals surface area contributed by atoms with Crippen molar-refractivity contribution >= 4 is 41.2 Å². The summed E-state index contributed by atoms with van der Waals surface area (Å²) in [5.41, 5.74) is 0.729. The Balaban J connectivity index is 2.67. The molecule has 0 amide bonds. The molecule has 6 nitrogen and oxygen atoms in total. The standard InChI is InChI=1S/C32H45NO5S2/c1-10-14-16-21(12-3)29(35)37-24-19(5)20(6)25(38-30(36)22(13-4)17-15-11-2)27-26(24)39-31(40-27)23(18-33)28(34)32(7,8)9/h21-22H,10-17H2,1-9H3. The number of rotatable bonds is 13. The minimum atomic E-state index is -0.744. The van der Waals surface area contributed by atoms with E-state index in [2.05, 4.69) is 19.9 Å². The lowest BCUT2D eigenvalue weighted by molar-refractivity contribution is -0.140. The molecular formula is C32H45NO5S2. The van der Waals surface area contributed by atoms with Crippen molar-refractivity contribution in [3.05, 3.63) is 20.9 Å². The number of unbranched alkanes of at least 4 members (excludes halogenated alkanes) is 2. The van der Waals surface area contributed by atoms with E-state index in [4.69, 9.17) is 9.47 Å². The van der Waals surface area contributed by atoms with E-state index in [-0.39, 0.29) is 35.1 Å². The van der Waals surface area contributed by atoms with Crippen LogP contribution in [0.1, 0.15) is 111 Å². The van der Waals surface area contributed by atoms with Crippen LogP contribution in [-0.4, -0.2) is 17.7 Å². The third-order valence-corrected chi connectivity index (χ3v) is 9.94. The zero-order valence-electron chi connectivity index (χ0n) is 25.6. The smallest absolute Gasteiger partial charge is 0.314 e. The van der Waals surface area contributed by atoms with Gasteiger partial charge in [0.05, 0.1) is 25.9 Å². The molecule has 2 unspecified atom stereocenters. The van der Waals surface area contributed by atoms with E-state index < -0.39 is 5.41 Å². The lowest BCUT2D eigenvalue weighted by atomic mass is 9.87. The predicted octanol–water partition coefficient (Wildman–Crippen LogP) is 9.10. The van der Waals surface area contributed by atoms with Crippen LogP contribution < -0.4 is 9.47 Å². The summed E-state index contributed by atoms with van der Waals surface area (Å²) in [7, 11) is 0. The molecule has 0 saturated heterocycles. The van der Waals surface area contributed by atoms with E-state index in [0.29, 0.717) is 49.5 Å². The Labute approximate surface area is 249 Å². The number of carbonyl (C=O) groups excluding carboxylic acids is 3. The van der Waals surface area contributed by atoms with Crippen LogP contribution in [0.4, 0.5) is 0 Å². The molecule has 1 heterocycles. The van der Waals surface area contributed by atoms with Gasteiger partial charge in [-0.3, -0.25) is 14.4 Å². The molecule has 2 rings (SSSR count). The van der Waals surface area contributed by atoms with E-state index in [1.807, 2.05) is 27.7 Å². The minimum absolute atomic E-state index is 0.0623. The Morgan fingerprint density at radius 1 is 0.800 bits per heavy atom. The summed E-state index contributed by atoms with van der Waals surface area (Å²) >= 11 is 2.48. The summed E-state index contributed by atoms with van der Waals surface area (Å²) in [5, 5.41) is 9.99. The number of benzene rings is 1. The number of ether oxygens (including phenoxy) is 2. The molecule has 0 radical (unpaired) electrons. The molecule has 1 aromatic carbocycles. The number of hydrogen-bond acceptors (Lipinski definition) is 8. The van der Waals surface area contributed by atoms with Gasteiger partial charge >= 0.3 is 11.9 Å². The lowest BCUT2D eigenvalue weighted by Gasteiger charge is -2.21. The molecule has 220 valence electrons. The van der Waals surface area contributed by atoms with Crippen molar-refractivity contribution in [2.24, 2.45) is 17.3 Å². The molecule has 8 heteroatoms. The maximum absolute atomic E-state index is 13.3. The minimum Gasteiger partial charge on any atom is -0.425 e. The van der Waals surface area contributed by atoms with Gasteiger partial charge in [0.25, 0.3) is 0 Å². The van der Waals surface area contributed by atoms with Crippen LogP contribution in [0.15, 0.2) is 19.6 Å². The third kappa shape index (κ3) is 7.94. The van der Waals surface area contributed by atoms with Crippen molar-refractivity contribution in [2.75, 3.05) is 0 Å². The van der Waals surface area contributed by atoms with Crippen LogP contribution >= 0.6 is 23.5 Å². The number of thioether (sulfide) groups is 2. The first-order valence-electron chi connectivity index (χ1n) is 14.5. The second kappa shape index (κ2) is 15.1. The number of hydrogen-bond donors (Lipinski definition) is 0. The Hall–Kier alpha value is -2.24. The van der Waals surface area contributed by atoms with E-state index in [1.165, 1.54) is 23.5 Å². The van der Waals surface area contributed by atoms with Gasteiger partial charge in [0.1, 0.15) is 23.1 Å². The topological polar surface area (TPSA) is 93.5 Å². The van der Waals surface area contributed by atoms with Crippen molar-refractivity contribution in [1.82, 2.24) is 0 Å². The van der Waals surface area contributed by atoms with Gasteiger partial charge in [0, 0.05) is 5.41 Å². The summed E-state index contributed by atoms with van der Waals surface area (Å²) < 4.78 is 12.7. The first kappa shape index (κ1) is 34.0. The van der Waals surface area contributed by atoms with E-state index >= 15 is 0 Å². The van der Waals surface area contributed by atoms with Crippen LogP contribution in [0.25, 0.3) is 0 Å². The van der Waals surface area contributed by atoms with Crippen LogP contribution in [0.2, 0.25) is 0 Å². The molecule has 1 aromatic rings. The molecule has 1 aliphatic rings. The average molecular weight is 588 g/mol. The van der Waals surface area contributed by atoms with Crippen LogP contribution in [-0.2, 0) is 14.4 Å². The largest absolute Gasteiger partial charge is 0.425 e. The number of esters is 2. The molecule has 0 bridgehead atoms. The number of ketones is 1. The fourth-order valence-corrected chi connectivity index (χ4v) is 7.15. The summed E-state index contributed by atoms with van der Waals surface area (Å²) in [6.07, 6.45) is 6.72. The van der Waals surface area contributed by atoms with Crippen molar-refractivity contribution < 1.29 is 23.9 Å². The van der Waals surface area contributed by atoms with Gasteiger partial charge < -0.3 is 9.47 Å². The predicted molar refractivity (Wildman–Crippen MR) is 163 cm³/mol. The zero-order valence-corrected chi connectivity index (χ0v) is 27.2. The molecule has 0 aromatic heterocycles. The van der Waals surface area contributed by atoms with E-state index in [9.17, 15) is 19.6 Å². The molecule has 0 spiro atoms. The normalized spacial score (nSPS) is 14.2. The first-order valence-corrected chi connectivity index (χ1v) is 16.1. The third-order valence-electron chi connectivity index (χ3n) is 7.35. The Bertz CT molecular complexity index is 1120. The second-order valence-electron chi connectivity index (χ2n) is 11.5. The SMILES string of the molecule is CCCCC(CC)C(=O)Oc1c(C)c(C)c(OC(=O)C(CC)CCCC)c2c1SC(=C(C#N)C(=O)C(C)(C)C)S2. The quantitative estimate of drug-likeness (QED) is 0.0976. The fraction of sp³-hybridized carbons (Fsp3) is 0.625. The monoisotopic (exact) mass is 587 g/mol. The number of fused-ring (bicyclic) bond motifs is 1. The number of nitriles is 1. The van der Waals surface area contributed by atoms with Crippen LogP contribution in [0.3, 0.4) is 0 Å². The van der Waals surface area contributed by atoms with Crippen molar-refractivity contribution in [3.63, 3.8) is 0 Å². The molecule has 0 fully saturated rings. The highest BCUT2D eigenvalue weighted by Gasteiger charge is 2.37. The number of Topliss-reactive ketones (excluding diaryl/α,β-unsaturated/α-hetero) is 1. The summed E-state index contributed by atoms with van der Waals surface area (Å²) in [6.45, 7) is 17.2. The lowest BCUT2D eigenvalue weighted by Crippen LogP contribution is -2.22. The Morgan fingerprint density at radius 3 is 1.50 bits per heavy atom. The highest BCUT2D eigenvalue weighted by molar-refractivity contribution is 8.24. The zero-order chi connectivity index (χ0) is 30.2. The van der Waals surface area contributed by atoms with E-state index in [1.54, 1.807) is 20.8 Å². The average Bonchev–Trinajstić information content (AvgIpc) is 3.34. The van der Waals surface area contributed by atoms with E-state index in [0.717, 1.165) is 38.5 Å². The maximum atomic E-state index is 13.3. The van der Waals surface area contributed by atoms with Crippen molar-refractivity contribution in [1.29, 1.82) is 5.26 Å². The van der Waals surface area contributed by atoms with Crippen LogP contribution in [0, 0.1) is 42.4 Å². The van der Waals surface area contributed by atoms with Crippen molar-refractivity contribution in [3.8, 4) is 17.6 Å². The summed E-state index contributed by atoms with van der Waals surface area (Å²) in [5.74, 6) is -0.447. The van der Waals surface area contributed by atoms with Crippen LogP contribution in [0.5, 0.6) is 11.5 Å². The van der Waals surface area contributed by atoms with Gasteiger partial charge in [0.15, 0.2) is 5.78 Å². The number of nitrogens with zero attached hydrogens (tertiary/aromatic N) is 1. The molecule has 0 N–H and O–H groups in total. The molecule has 2 atom stereocenters. The first-order chi connectivity index (χ1) is 18.9. The molecule has 1 aliphatic heterocycles. The number of allylic oxidation sites excluding steroid dienone is 1. The molecule has 40 heavy (non-hydrogen) atoms. The Morgan fingerprint density at radius 2 is 1.20 bits per heavy atom. The van der Waals surface area contributed by atoms with Gasteiger partial charge in [-0.25, -0.2) is 0 Å². The van der Waals surface area contributed by atoms with Gasteiger partial charge in [-0.05, 0) is 50.7 Å². The Kier molecular flexibility index (Phi) is 12.8. The van der Waals surface area contributed by atoms with Gasteiger partial charge in [-0.1, -0.05) is 97.7 Å². The van der Waals surface area contributed by atoms with Gasteiger partial charge in [-0.15, -0.1) is 0 Å². The fourth-order valence-electron chi connectivity index (χ4n) is 4.44. The second-order valence-corrected chi connectivity index (χ2v) is 13.8.